The fourth-order valence-corrected chi connectivity index (χ4v) is 2.73. The highest BCUT2D eigenvalue weighted by Crippen LogP contribution is 2.18. The van der Waals surface area contributed by atoms with E-state index in [1.807, 2.05) is 4.90 Å². The molecule has 1 aromatic heterocycles. The molecule has 2 aliphatic heterocycles. The summed E-state index contributed by atoms with van der Waals surface area (Å²) in [6.07, 6.45) is 0. The molecule has 9 nitrogen and oxygen atoms in total. The van der Waals surface area contributed by atoms with Gasteiger partial charge in [0.25, 0.3) is 0 Å². The summed E-state index contributed by atoms with van der Waals surface area (Å²) in [5.41, 5.74) is 0.195. The average molecular weight is 352 g/mol. The number of morpholine rings is 2. The van der Waals surface area contributed by atoms with Gasteiger partial charge in [-0.25, -0.2) is 4.79 Å². The van der Waals surface area contributed by atoms with Gasteiger partial charge in [-0.05, 0) is 0 Å². The Morgan fingerprint density at radius 3 is 2.48 bits per heavy atom. The van der Waals surface area contributed by atoms with E-state index < -0.39 is 5.97 Å². The second-order valence-corrected chi connectivity index (χ2v) is 5.79. The van der Waals surface area contributed by atoms with Crippen LogP contribution in [-0.4, -0.2) is 93.7 Å². The van der Waals surface area contributed by atoms with E-state index in [4.69, 9.17) is 18.9 Å². The first-order valence-corrected chi connectivity index (χ1v) is 8.49. The maximum Gasteiger partial charge on any atom is 0.356 e. The topological polar surface area (TPSA) is 86.2 Å². The van der Waals surface area contributed by atoms with Crippen LogP contribution in [0.5, 0.6) is 6.01 Å². The molecular weight excluding hydrogens is 328 g/mol. The third-order valence-corrected chi connectivity index (χ3v) is 4.16. The summed E-state index contributed by atoms with van der Waals surface area (Å²) < 4.78 is 21.2. The average Bonchev–Trinajstić information content (AvgIpc) is 2.68. The quantitative estimate of drug-likeness (QED) is 0.647. The molecule has 3 heterocycles. The molecule has 0 saturated carbocycles. The highest BCUT2D eigenvalue weighted by atomic mass is 16.5. The normalized spacial score (nSPS) is 18.8. The number of anilines is 1. The summed E-state index contributed by atoms with van der Waals surface area (Å²) in [7, 11) is 1.33. The molecule has 2 aliphatic rings. The number of ether oxygens (including phenoxy) is 4. The number of hydrogen-bond acceptors (Lipinski definition) is 9. The van der Waals surface area contributed by atoms with E-state index >= 15 is 0 Å². The molecular formula is C16H24N4O5. The zero-order chi connectivity index (χ0) is 17.5. The molecule has 1 aromatic rings. The van der Waals surface area contributed by atoms with Gasteiger partial charge in [-0.3, -0.25) is 4.90 Å². The van der Waals surface area contributed by atoms with Crippen LogP contribution < -0.4 is 9.64 Å². The van der Waals surface area contributed by atoms with E-state index in [2.05, 4.69) is 14.9 Å². The number of aromatic nitrogens is 2. The highest BCUT2D eigenvalue weighted by Gasteiger charge is 2.19. The van der Waals surface area contributed by atoms with Crippen molar-refractivity contribution in [1.82, 2.24) is 14.9 Å². The molecule has 0 unspecified atom stereocenters. The first kappa shape index (κ1) is 17.8. The maximum atomic E-state index is 11.9. The van der Waals surface area contributed by atoms with E-state index in [0.717, 1.165) is 32.8 Å². The van der Waals surface area contributed by atoms with E-state index in [1.165, 1.54) is 7.11 Å². The predicted octanol–water partition coefficient (Wildman–Crippen LogP) is -0.189. The van der Waals surface area contributed by atoms with Crippen molar-refractivity contribution in [2.75, 3.05) is 77.8 Å². The Balaban J connectivity index is 1.66. The van der Waals surface area contributed by atoms with Crippen LogP contribution in [0.2, 0.25) is 0 Å². The minimum Gasteiger partial charge on any atom is -0.464 e. The number of carbonyl (C=O) groups excluding carboxylic acids is 1. The number of nitrogens with zero attached hydrogens (tertiary/aromatic N) is 4. The molecule has 0 spiro atoms. The molecule has 3 rings (SSSR count). The Labute approximate surface area is 146 Å². The van der Waals surface area contributed by atoms with E-state index in [0.29, 0.717) is 38.7 Å². The van der Waals surface area contributed by atoms with Crippen molar-refractivity contribution in [3.8, 4) is 6.01 Å². The summed E-state index contributed by atoms with van der Waals surface area (Å²) in [4.78, 5) is 24.8. The van der Waals surface area contributed by atoms with Gasteiger partial charge in [0.1, 0.15) is 12.4 Å². The van der Waals surface area contributed by atoms with Crippen LogP contribution >= 0.6 is 0 Å². The number of esters is 1. The summed E-state index contributed by atoms with van der Waals surface area (Å²) in [5.74, 6) is 0.148. The van der Waals surface area contributed by atoms with Crippen LogP contribution in [0.25, 0.3) is 0 Å². The van der Waals surface area contributed by atoms with Gasteiger partial charge in [-0.2, -0.15) is 9.97 Å². The van der Waals surface area contributed by atoms with Crippen LogP contribution in [0.1, 0.15) is 10.5 Å². The summed E-state index contributed by atoms with van der Waals surface area (Å²) >= 11 is 0. The summed E-state index contributed by atoms with van der Waals surface area (Å²) in [5, 5.41) is 0. The largest absolute Gasteiger partial charge is 0.464 e. The van der Waals surface area contributed by atoms with Crippen LogP contribution in [0.3, 0.4) is 0 Å². The minimum atomic E-state index is -0.505. The van der Waals surface area contributed by atoms with E-state index in [9.17, 15) is 4.79 Å². The van der Waals surface area contributed by atoms with Crippen LogP contribution in [-0.2, 0) is 14.2 Å². The third kappa shape index (κ3) is 5.00. The lowest BCUT2D eigenvalue weighted by Gasteiger charge is -2.28. The first-order valence-electron chi connectivity index (χ1n) is 8.49. The van der Waals surface area contributed by atoms with Gasteiger partial charge in [0.15, 0.2) is 5.69 Å². The highest BCUT2D eigenvalue weighted by molar-refractivity contribution is 5.88. The van der Waals surface area contributed by atoms with Crippen molar-refractivity contribution < 1.29 is 23.7 Å². The smallest absolute Gasteiger partial charge is 0.356 e. The Bertz CT molecular complexity index is 574. The van der Waals surface area contributed by atoms with Crippen molar-refractivity contribution in [2.45, 2.75) is 0 Å². The number of methoxy groups -OCH3 is 1. The number of rotatable bonds is 6. The second-order valence-electron chi connectivity index (χ2n) is 5.79. The molecule has 0 amide bonds. The Morgan fingerprint density at radius 2 is 1.80 bits per heavy atom. The standard InChI is InChI=1S/C16H24N4O5/c1-22-15(21)13-12-14(20-5-9-24-10-6-20)18-16(17-13)25-11-4-19-2-7-23-8-3-19/h12H,2-11H2,1H3. The fraction of sp³-hybridized carbons (Fsp3) is 0.688. The molecule has 25 heavy (non-hydrogen) atoms. The zero-order valence-electron chi connectivity index (χ0n) is 14.5. The first-order chi connectivity index (χ1) is 12.3. The Hall–Kier alpha value is -1.97. The van der Waals surface area contributed by atoms with Crippen molar-refractivity contribution in [1.29, 1.82) is 0 Å². The lowest BCUT2D eigenvalue weighted by Crippen LogP contribution is -2.39. The van der Waals surface area contributed by atoms with Crippen molar-refractivity contribution in [3.63, 3.8) is 0 Å². The number of carbonyl (C=O) groups is 1. The molecule has 138 valence electrons. The monoisotopic (exact) mass is 352 g/mol. The number of hydrogen-bond donors (Lipinski definition) is 0. The zero-order valence-corrected chi connectivity index (χ0v) is 14.5. The predicted molar refractivity (Wildman–Crippen MR) is 89.2 cm³/mol. The van der Waals surface area contributed by atoms with Gasteiger partial charge in [-0.1, -0.05) is 0 Å². The molecule has 0 N–H and O–H groups in total. The summed E-state index contributed by atoms with van der Waals surface area (Å²) in [6.45, 7) is 7.18. The summed E-state index contributed by atoms with van der Waals surface area (Å²) in [6, 6.07) is 1.82. The van der Waals surface area contributed by atoms with Gasteiger partial charge in [0.2, 0.25) is 0 Å². The maximum absolute atomic E-state index is 11.9. The molecule has 0 aromatic carbocycles. The van der Waals surface area contributed by atoms with Crippen LogP contribution in [0, 0.1) is 0 Å². The van der Waals surface area contributed by atoms with E-state index in [1.54, 1.807) is 6.07 Å². The fourth-order valence-electron chi connectivity index (χ4n) is 2.73. The molecule has 9 heteroatoms. The molecule has 0 atom stereocenters. The van der Waals surface area contributed by atoms with Crippen LogP contribution in [0.4, 0.5) is 5.82 Å². The lowest BCUT2D eigenvalue weighted by molar-refractivity contribution is 0.0316. The third-order valence-electron chi connectivity index (χ3n) is 4.16. The molecule has 0 radical (unpaired) electrons. The van der Waals surface area contributed by atoms with Crippen LogP contribution in [0.15, 0.2) is 6.07 Å². The second kappa shape index (κ2) is 8.93. The molecule has 2 fully saturated rings. The van der Waals surface area contributed by atoms with Gasteiger partial charge in [-0.15, -0.1) is 0 Å². The Kier molecular flexibility index (Phi) is 6.37. The SMILES string of the molecule is COC(=O)c1cc(N2CCOCC2)nc(OCCN2CCOCC2)n1. The van der Waals surface area contributed by atoms with Gasteiger partial charge < -0.3 is 23.8 Å². The minimum absolute atomic E-state index is 0.192. The van der Waals surface area contributed by atoms with Crippen molar-refractivity contribution in [2.24, 2.45) is 0 Å². The van der Waals surface area contributed by atoms with Crippen molar-refractivity contribution >= 4 is 11.8 Å². The molecule has 0 bridgehead atoms. The van der Waals surface area contributed by atoms with Crippen molar-refractivity contribution in [3.05, 3.63) is 11.8 Å². The molecule has 2 saturated heterocycles. The molecule has 0 aliphatic carbocycles. The van der Waals surface area contributed by atoms with Gasteiger partial charge in [0, 0.05) is 38.8 Å². The van der Waals surface area contributed by atoms with E-state index in [-0.39, 0.29) is 11.7 Å². The van der Waals surface area contributed by atoms with Gasteiger partial charge in [0.05, 0.1) is 33.5 Å². The lowest BCUT2D eigenvalue weighted by atomic mass is 10.3. The Morgan fingerprint density at radius 1 is 1.12 bits per heavy atom. The van der Waals surface area contributed by atoms with Gasteiger partial charge >= 0.3 is 12.0 Å².